The Balaban J connectivity index is 4.83. The van der Waals surface area contributed by atoms with Crippen LogP contribution in [0.15, 0.2) is 0 Å². The number of hydrazine groups is 1. The molecule has 0 amide bonds. The van der Waals surface area contributed by atoms with E-state index >= 15 is 0 Å². The van der Waals surface area contributed by atoms with Gasteiger partial charge >= 0.3 is 12.4 Å². The highest BCUT2D eigenvalue weighted by atomic mass is 19.4. The SMILES string of the molecule is C#CCCCC(NN)C(C(F)(F)F)C(F)(F)F. The normalized spacial score (nSPS) is 14.8. The molecule has 1 atom stereocenters. The number of unbranched alkanes of at least 4 members (excludes halogenated alkanes) is 1. The van der Waals surface area contributed by atoms with Crippen molar-refractivity contribution in [1.82, 2.24) is 5.43 Å². The number of rotatable bonds is 5. The quantitative estimate of drug-likeness (QED) is 0.262. The Kier molecular flexibility index (Phi) is 5.78. The standard InChI is InChI=1S/C9H12F6N2/c1-2-3-4-5-6(17-16)7(8(10,11)12)9(13,14)15/h1,6-7,17H,3-5,16H2. The van der Waals surface area contributed by atoms with Crippen molar-refractivity contribution in [2.75, 3.05) is 0 Å². The largest absolute Gasteiger partial charge is 0.402 e. The number of nitrogens with one attached hydrogen (secondary N) is 1. The smallest absolute Gasteiger partial charge is 0.271 e. The lowest BCUT2D eigenvalue weighted by molar-refractivity contribution is -0.292. The maximum atomic E-state index is 12.3. The Hall–Kier alpha value is -0.940. The molecular formula is C9H12F6N2. The Bertz CT molecular complexity index is 250. The molecule has 0 rings (SSSR count). The van der Waals surface area contributed by atoms with Gasteiger partial charge in [0, 0.05) is 12.5 Å². The van der Waals surface area contributed by atoms with Crippen molar-refractivity contribution in [1.29, 1.82) is 0 Å². The molecule has 0 radical (unpaired) electrons. The van der Waals surface area contributed by atoms with Crippen LogP contribution in [-0.2, 0) is 0 Å². The van der Waals surface area contributed by atoms with E-state index in [1.165, 1.54) is 0 Å². The topological polar surface area (TPSA) is 38.0 Å². The summed E-state index contributed by atoms with van der Waals surface area (Å²) in [6, 6.07) is -1.93. The molecule has 2 nitrogen and oxygen atoms in total. The summed E-state index contributed by atoms with van der Waals surface area (Å²) in [6.45, 7) is 0. The molecule has 0 heterocycles. The summed E-state index contributed by atoms with van der Waals surface area (Å²) in [5.74, 6) is 3.39. The van der Waals surface area contributed by atoms with Crippen molar-refractivity contribution in [2.24, 2.45) is 11.8 Å². The van der Waals surface area contributed by atoms with E-state index in [4.69, 9.17) is 12.3 Å². The molecule has 0 fully saturated rings. The van der Waals surface area contributed by atoms with E-state index < -0.39 is 30.7 Å². The average molecular weight is 262 g/mol. The number of nitrogens with two attached hydrogens (primary N) is 1. The predicted molar refractivity (Wildman–Crippen MR) is 49.4 cm³/mol. The number of halogens is 6. The Morgan fingerprint density at radius 3 is 1.88 bits per heavy atom. The van der Waals surface area contributed by atoms with Crippen LogP contribution in [0.1, 0.15) is 19.3 Å². The van der Waals surface area contributed by atoms with Crippen LogP contribution in [0.2, 0.25) is 0 Å². The van der Waals surface area contributed by atoms with Crippen LogP contribution in [0, 0.1) is 18.3 Å². The lowest BCUT2D eigenvalue weighted by Crippen LogP contribution is -2.53. The molecule has 0 spiro atoms. The molecule has 8 heteroatoms. The molecule has 0 aliphatic heterocycles. The monoisotopic (exact) mass is 262 g/mol. The summed E-state index contributed by atoms with van der Waals surface area (Å²) in [4.78, 5) is 0. The highest BCUT2D eigenvalue weighted by Gasteiger charge is 2.59. The molecule has 3 N–H and O–H groups in total. The van der Waals surface area contributed by atoms with Gasteiger partial charge in [-0.1, -0.05) is 0 Å². The fraction of sp³-hybridized carbons (Fsp3) is 0.778. The molecule has 0 saturated carbocycles. The first-order valence-electron chi connectivity index (χ1n) is 4.67. The van der Waals surface area contributed by atoms with Crippen molar-refractivity contribution in [3.8, 4) is 12.3 Å². The van der Waals surface area contributed by atoms with Crippen LogP contribution in [0.5, 0.6) is 0 Å². The Labute approximate surface area is 94.5 Å². The van der Waals surface area contributed by atoms with Gasteiger partial charge in [0.1, 0.15) is 0 Å². The minimum absolute atomic E-state index is 0.0357. The second-order valence-electron chi connectivity index (χ2n) is 3.43. The summed E-state index contributed by atoms with van der Waals surface area (Å²) in [5.41, 5.74) is 1.57. The van der Waals surface area contributed by atoms with Crippen LogP contribution in [0.3, 0.4) is 0 Å². The zero-order chi connectivity index (χ0) is 13.7. The third-order valence-corrected chi connectivity index (χ3v) is 2.16. The van der Waals surface area contributed by atoms with E-state index in [1.54, 1.807) is 5.43 Å². The van der Waals surface area contributed by atoms with Crippen LogP contribution in [0.25, 0.3) is 0 Å². The highest BCUT2D eigenvalue weighted by Crippen LogP contribution is 2.42. The average Bonchev–Trinajstić information content (AvgIpc) is 2.12. The van der Waals surface area contributed by atoms with E-state index in [9.17, 15) is 26.3 Å². The summed E-state index contributed by atoms with van der Waals surface area (Å²) < 4.78 is 73.8. The van der Waals surface area contributed by atoms with E-state index in [1.807, 2.05) is 0 Å². The van der Waals surface area contributed by atoms with E-state index in [-0.39, 0.29) is 12.8 Å². The van der Waals surface area contributed by atoms with Gasteiger partial charge in [0.2, 0.25) is 0 Å². The van der Waals surface area contributed by atoms with Gasteiger partial charge in [-0.15, -0.1) is 12.3 Å². The lowest BCUT2D eigenvalue weighted by atomic mass is 9.94. The second-order valence-corrected chi connectivity index (χ2v) is 3.43. The van der Waals surface area contributed by atoms with Gasteiger partial charge in [-0.2, -0.15) is 26.3 Å². The van der Waals surface area contributed by atoms with Gasteiger partial charge in [0.25, 0.3) is 0 Å². The molecule has 0 aromatic rings. The van der Waals surface area contributed by atoms with Gasteiger partial charge in [-0.05, 0) is 12.8 Å². The number of hydrogen-bond donors (Lipinski definition) is 2. The van der Waals surface area contributed by atoms with E-state index in [0.29, 0.717) is 0 Å². The van der Waals surface area contributed by atoms with Gasteiger partial charge in [0.15, 0.2) is 5.92 Å². The molecular weight excluding hydrogens is 250 g/mol. The summed E-state index contributed by atoms with van der Waals surface area (Å²) in [5, 5.41) is 0. The zero-order valence-electron chi connectivity index (χ0n) is 8.70. The Morgan fingerprint density at radius 1 is 1.12 bits per heavy atom. The third kappa shape index (κ3) is 5.28. The summed E-state index contributed by atoms with van der Waals surface area (Å²) >= 11 is 0. The van der Waals surface area contributed by atoms with Crippen molar-refractivity contribution < 1.29 is 26.3 Å². The molecule has 1 unspecified atom stereocenters. The van der Waals surface area contributed by atoms with Gasteiger partial charge < -0.3 is 0 Å². The first kappa shape index (κ1) is 16.1. The molecule has 100 valence electrons. The fourth-order valence-electron chi connectivity index (χ4n) is 1.41. The fourth-order valence-corrected chi connectivity index (χ4v) is 1.41. The van der Waals surface area contributed by atoms with Gasteiger partial charge in [-0.25, -0.2) is 0 Å². The van der Waals surface area contributed by atoms with Crippen LogP contribution in [0.4, 0.5) is 26.3 Å². The van der Waals surface area contributed by atoms with Crippen molar-refractivity contribution >= 4 is 0 Å². The second kappa shape index (κ2) is 6.12. The minimum Gasteiger partial charge on any atom is -0.271 e. The first-order valence-corrected chi connectivity index (χ1v) is 4.67. The number of alkyl halides is 6. The van der Waals surface area contributed by atoms with Crippen molar-refractivity contribution in [3.63, 3.8) is 0 Å². The zero-order valence-corrected chi connectivity index (χ0v) is 8.70. The van der Waals surface area contributed by atoms with Crippen molar-refractivity contribution in [3.05, 3.63) is 0 Å². The summed E-state index contributed by atoms with van der Waals surface area (Å²) in [6.07, 6.45) is -6.20. The van der Waals surface area contributed by atoms with Crippen molar-refractivity contribution in [2.45, 2.75) is 37.7 Å². The molecule has 0 aliphatic rings. The minimum atomic E-state index is -5.40. The lowest BCUT2D eigenvalue weighted by Gasteiger charge is -2.30. The van der Waals surface area contributed by atoms with Crippen LogP contribution in [-0.4, -0.2) is 18.4 Å². The maximum absolute atomic E-state index is 12.3. The van der Waals surface area contributed by atoms with Crippen LogP contribution >= 0.6 is 0 Å². The Morgan fingerprint density at radius 2 is 1.59 bits per heavy atom. The highest BCUT2D eigenvalue weighted by molar-refractivity contribution is 4.88. The third-order valence-electron chi connectivity index (χ3n) is 2.16. The van der Waals surface area contributed by atoms with Crippen LogP contribution < -0.4 is 11.3 Å². The molecule has 0 aromatic heterocycles. The van der Waals surface area contributed by atoms with E-state index in [2.05, 4.69) is 5.92 Å². The van der Waals surface area contributed by atoms with Gasteiger partial charge in [-0.3, -0.25) is 11.3 Å². The number of terminal acetylenes is 1. The van der Waals surface area contributed by atoms with E-state index in [0.717, 1.165) is 0 Å². The van der Waals surface area contributed by atoms with Gasteiger partial charge in [0.05, 0.1) is 0 Å². The summed E-state index contributed by atoms with van der Waals surface area (Å²) in [7, 11) is 0. The molecule has 0 saturated heterocycles. The number of hydrogen-bond acceptors (Lipinski definition) is 2. The first-order chi connectivity index (χ1) is 7.64. The molecule has 17 heavy (non-hydrogen) atoms. The maximum Gasteiger partial charge on any atom is 0.402 e. The molecule has 0 aromatic carbocycles. The molecule has 0 aliphatic carbocycles. The molecule has 0 bridgehead atoms. The predicted octanol–water partition coefficient (Wildman–Crippen LogP) is 2.36.